The fourth-order valence-corrected chi connectivity index (χ4v) is 11.7. The minimum absolute atomic E-state index is 0.175. The Morgan fingerprint density at radius 3 is 1.57 bits per heavy atom. The van der Waals surface area contributed by atoms with E-state index in [0.717, 1.165) is 47.1 Å². The molecule has 0 unspecified atom stereocenters. The van der Waals surface area contributed by atoms with E-state index in [1.165, 1.54) is 94.1 Å². The number of hydrogen-bond donors (Lipinski definition) is 0. The molecule has 1 aromatic heterocycles. The summed E-state index contributed by atoms with van der Waals surface area (Å²) in [6.07, 6.45) is 2.92. The first-order valence-corrected chi connectivity index (χ1v) is 23.6. The lowest BCUT2D eigenvalue weighted by Crippen LogP contribution is -2.18. The van der Waals surface area contributed by atoms with Crippen LogP contribution in [-0.2, 0) is 17.3 Å². The van der Waals surface area contributed by atoms with Gasteiger partial charge in [0.2, 0.25) is 0 Å². The summed E-state index contributed by atoms with van der Waals surface area (Å²) in [5.41, 5.74) is 24.5. The molecule has 67 heavy (non-hydrogen) atoms. The Morgan fingerprint density at radius 1 is 0.478 bits per heavy atom. The fraction of sp³-hybridized carbons (Fsp3) is 0.125. The van der Waals surface area contributed by atoms with E-state index in [1.54, 1.807) is 0 Å². The van der Waals surface area contributed by atoms with E-state index in [9.17, 15) is 0 Å². The van der Waals surface area contributed by atoms with Crippen molar-refractivity contribution in [1.82, 2.24) is 4.57 Å². The zero-order valence-corrected chi connectivity index (χ0v) is 38.4. The predicted octanol–water partition coefficient (Wildman–Crippen LogP) is 16.8. The van der Waals surface area contributed by atoms with Gasteiger partial charge < -0.3 is 14.2 Å². The number of nitrogens with zero attached hydrogens (tertiary/aromatic N) is 2. The van der Waals surface area contributed by atoms with Gasteiger partial charge in [-0.3, -0.25) is 0 Å². The van der Waals surface area contributed by atoms with E-state index in [2.05, 4.69) is 232 Å². The normalized spacial score (nSPS) is 14.6. The summed E-state index contributed by atoms with van der Waals surface area (Å²) in [6, 6.07) is 70.3. The van der Waals surface area contributed by atoms with E-state index in [4.69, 9.17) is 4.74 Å². The van der Waals surface area contributed by atoms with Gasteiger partial charge in [-0.15, -0.1) is 0 Å². The lowest BCUT2D eigenvalue weighted by molar-refractivity contribution is 0.357. The second kappa shape index (κ2) is 14.6. The average Bonchev–Trinajstić information content (AvgIpc) is 4.09. The van der Waals surface area contributed by atoms with Crippen LogP contribution < -0.4 is 9.64 Å². The number of hydrogen-bond acceptors (Lipinski definition) is 2. The van der Waals surface area contributed by atoms with Crippen LogP contribution >= 0.6 is 0 Å². The van der Waals surface area contributed by atoms with Crippen molar-refractivity contribution in [2.45, 2.75) is 44.9 Å². The highest BCUT2D eigenvalue weighted by Gasteiger charge is 2.38. The highest BCUT2D eigenvalue weighted by atomic mass is 16.5. The quantitative estimate of drug-likeness (QED) is 0.159. The van der Waals surface area contributed by atoms with Crippen LogP contribution in [-0.4, -0.2) is 11.2 Å². The van der Waals surface area contributed by atoms with Gasteiger partial charge >= 0.3 is 0 Å². The van der Waals surface area contributed by atoms with Crippen LogP contribution in [0.1, 0.15) is 61.1 Å². The summed E-state index contributed by atoms with van der Waals surface area (Å²) in [6.45, 7) is 14.3. The van der Waals surface area contributed by atoms with E-state index in [1.807, 2.05) is 6.08 Å². The van der Waals surface area contributed by atoms with Gasteiger partial charge in [-0.2, -0.15) is 0 Å². The third kappa shape index (κ3) is 5.97. The highest BCUT2D eigenvalue weighted by Crippen LogP contribution is 2.54. The molecular weight excluding hydrogens is 813 g/mol. The van der Waals surface area contributed by atoms with Gasteiger partial charge in [0.1, 0.15) is 5.75 Å². The summed E-state index contributed by atoms with van der Waals surface area (Å²) in [5.74, 6) is 1.02. The SMILES string of the molecule is C=Cc1ccc2c(c1)C(C)(C)c1cc(N(c3ccc(-c4ccc(-n5c6ccccc6c6ccccc65)cc4)cc3)c3ccc4c(c3)C(C)(C)c3cc(-c5ccc6c(c5)CCO6)ccc3-4)ccc1-2. The summed E-state index contributed by atoms with van der Waals surface area (Å²) < 4.78 is 8.22. The second-order valence-electron chi connectivity index (χ2n) is 19.7. The summed E-state index contributed by atoms with van der Waals surface area (Å²) in [4.78, 5) is 2.46. The number of benzene rings is 9. The Hall–Kier alpha value is -7.88. The highest BCUT2D eigenvalue weighted by molar-refractivity contribution is 6.09. The Kier molecular flexibility index (Phi) is 8.58. The number of fused-ring (bicyclic) bond motifs is 10. The molecule has 3 heteroatoms. The van der Waals surface area contributed by atoms with Crippen LogP contribution in [0.5, 0.6) is 5.75 Å². The first kappa shape index (κ1) is 39.5. The topological polar surface area (TPSA) is 17.4 Å². The lowest BCUT2D eigenvalue weighted by atomic mass is 9.81. The molecular formula is C64H50N2O. The van der Waals surface area contributed by atoms with Crippen molar-refractivity contribution < 1.29 is 4.74 Å². The molecule has 0 atom stereocenters. The maximum atomic E-state index is 5.84. The molecule has 2 aliphatic carbocycles. The molecule has 9 aromatic carbocycles. The molecule has 1 aliphatic heterocycles. The van der Waals surface area contributed by atoms with Crippen LogP contribution in [0, 0.1) is 0 Å². The molecule has 3 nitrogen and oxygen atoms in total. The Bertz CT molecular complexity index is 3620. The molecule has 0 saturated heterocycles. The van der Waals surface area contributed by atoms with Crippen LogP contribution in [0.25, 0.3) is 78.1 Å². The van der Waals surface area contributed by atoms with Crippen molar-refractivity contribution in [1.29, 1.82) is 0 Å². The van der Waals surface area contributed by atoms with Gasteiger partial charge in [0, 0.05) is 50.8 Å². The number of aromatic nitrogens is 1. The van der Waals surface area contributed by atoms with Gasteiger partial charge in [0.25, 0.3) is 0 Å². The Labute approximate surface area is 392 Å². The number of para-hydroxylation sites is 2. The Balaban J connectivity index is 0.894. The standard InChI is InChI=1S/C64H50N2O/c1-6-40-15-28-50-52-30-26-48(38-58(52)63(2,3)56(50)35-40)65(49-27-31-53-51-29-20-44(37-57(51)64(4,5)59(53)39-49)43-21-32-62-45(36-43)33-34-67-62)46-22-16-41(17-23-46)42-18-24-47(25-19-42)66-60-13-9-7-11-54(60)55-12-8-10-14-61(55)66/h6-32,35-39H,1,33-34H2,2-5H3. The third-order valence-electron chi connectivity index (χ3n) is 15.3. The third-order valence-corrected chi connectivity index (χ3v) is 15.3. The van der Waals surface area contributed by atoms with Gasteiger partial charge in [-0.05, 0) is 157 Å². The van der Waals surface area contributed by atoms with Gasteiger partial charge in [0.05, 0.1) is 17.6 Å². The van der Waals surface area contributed by atoms with Gasteiger partial charge in [0.15, 0.2) is 0 Å². The average molecular weight is 863 g/mol. The molecule has 3 aliphatic rings. The van der Waals surface area contributed by atoms with Crippen LogP contribution in [0.4, 0.5) is 17.1 Å². The number of anilines is 3. The molecule has 0 spiro atoms. The van der Waals surface area contributed by atoms with Gasteiger partial charge in [-0.1, -0.05) is 150 Å². The zero-order chi connectivity index (χ0) is 45.2. The van der Waals surface area contributed by atoms with Crippen molar-refractivity contribution in [3.63, 3.8) is 0 Å². The van der Waals surface area contributed by atoms with Gasteiger partial charge in [-0.25, -0.2) is 0 Å². The Morgan fingerprint density at radius 2 is 0.955 bits per heavy atom. The minimum Gasteiger partial charge on any atom is -0.493 e. The molecule has 0 amide bonds. The van der Waals surface area contributed by atoms with Crippen molar-refractivity contribution in [3.8, 4) is 55.9 Å². The number of rotatable bonds is 7. The van der Waals surface area contributed by atoms with Crippen molar-refractivity contribution in [3.05, 3.63) is 228 Å². The van der Waals surface area contributed by atoms with Crippen LogP contribution in [0.2, 0.25) is 0 Å². The van der Waals surface area contributed by atoms with E-state index in [-0.39, 0.29) is 10.8 Å². The lowest BCUT2D eigenvalue weighted by Gasteiger charge is -2.30. The van der Waals surface area contributed by atoms with Crippen molar-refractivity contribution >= 4 is 44.9 Å². The van der Waals surface area contributed by atoms with E-state index < -0.39 is 0 Å². The fourth-order valence-electron chi connectivity index (χ4n) is 11.7. The molecule has 0 saturated carbocycles. The van der Waals surface area contributed by atoms with E-state index in [0.29, 0.717) is 0 Å². The number of ether oxygens (including phenoxy) is 1. The molecule has 0 N–H and O–H groups in total. The smallest absolute Gasteiger partial charge is 0.122 e. The molecule has 10 aromatic rings. The second-order valence-corrected chi connectivity index (χ2v) is 19.7. The molecule has 0 radical (unpaired) electrons. The zero-order valence-electron chi connectivity index (χ0n) is 38.4. The molecule has 2 heterocycles. The molecule has 322 valence electrons. The van der Waals surface area contributed by atoms with Crippen LogP contribution in [0.3, 0.4) is 0 Å². The van der Waals surface area contributed by atoms with Crippen molar-refractivity contribution in [2.24, 2.45) is 0 Å². The molecule has 13 rings (SSSR count). The molecule has 0 fully saturated rings. The maximum Gasteiger partial charge on any atom is 0.122 e. The minimum atomic E-state index is -0.206. The first-order chi connectivity index (χ1) is 32.7. The first-order valence-electron chi connectivity index (χ1n) is 23.6. The molecule has 0 bridgehead atoms. The summed E-state index contributed by atoms with van der Waals surface area (Å²) in [5, 5.41) is 2.54. The summed E-state index contributed by atoms with van der Waals surface area (Å²) in [7, 11) is 0. The predicted molar refractivity (Wildman–Crippen MR) is 281 cm³/mol. The maximum absolute atomic E-state index is 5.84. The summed E-state index contributed by atoms with van der Waals surface area (Å²) >= 11 is 0. The largest absolute Gasteiger partial charge is 0.493 e. The monoisotopic (exact) mass is 862 g/mol. The van der Waals surface area contributed by atoms with Crippen LogP contribution in [0.15, 0.2) is 195 Å². The van der Waals surface area contributed by atoms with Crippen molar-refractivity contribution in [2.75, 3.05) is 11.5 Å². The van der Waals surface area contributed by atoms with E-state index >= 15 is 0 Å².